The minimum Gasteiger partial charge on any atom is -0.495 e. The van der Waals surface area contributed by atoms with E-state index in [-0.39, 0.29) is 6.10 Å². The molecule has 0 spiro atoms. The number of aryl methyl sites for hydroxylation is 1. The fourth-order valence-electron chi connectivity index (χ4n) is 2.27. The van der Waals surface area contributed by atoms with Crippen LogP contribution in [0.3, 0.4) is 0 Å². The number of carbonyl (C=O) groups is 2. The quantitative estimate of drug-likeness (QED) is 0.714. The summed E-state index contributed by atoms with van der Waals surface area (Å²) in [6.07, 6.45) is 0.0417. The lowest BCUT2D eigenvalue weighted by Gasteiger charge is -2.12. The molecule has 144 valence electrons. The van der Waals surface area contributed by atoms with E-state index in [0.29, 0.717) is 27.8 Å². The molecule has 0 fully saturated rings. The molecule has 0 aliphatic rings. The standard InChI is InChI=1S/C20H22ClNO5/c1-12(2)27-15-7-5-14(6-8-15)20(24)26-11-19(23)22-17-9-13(3)16(21)10-18(17)25-4/h5-10,12H,11H2,1-4H3,(H,22,23). The highest BCUT2D eigenvalue weighted by Crippen LogP contribution is 2.30. The van der Waals surface area contributed by atoms with Crippen molar-refractivity contribution in [2.45, 2.75) is 26.9 Å². The molecule has 0 bridgehead atoms. The van der Waals surface area contributed by atoms with Gasteiger partial charge in [0.1, 0.15) is 11.5 Å². The smallest absolute Gasteiger partial charge is 0.338 e. The van der Waals surface area contributed by atoms with Gasteiger partial charge < -0.3 is 19.5 Å². The Kier molecular flexibility index (Phi) is 7.07. The lowest BCUT2D eigenvalue weighted by molar-refractivity contribution is -0.119. The summed E-state index contributed by atoms with van der Waals surface area (Å²) in [7, 11) is 1.48. The Labute approximate surface area is 163 Å². The lowest BCUT2D eigenvalue weighted by Crippen LogP contribution is -2.21. The Morgan fingerprint density at radius 2 is 1.81 bits per heavy atom. The fraction of sp³-hybridized carbons (Fsp3) is 0.300. The maximum absolute atomic E-state index is 12.1. The summed E-state index contributed by atoms with van der Waals surface area (Å²) in [5, 5.41) is 3.18. The molecule has 0 radical (unpaired) electrons. The summed E-state index contributed by atoms with van der Waals surface area (Å²) in [6, 6.07) is 9.83. The summed E-state index contributed by atoms with van der Waals surface area (Å²) in [5.74, 6) is -0.000790. The van der Waals surface area contributed by atoms with Gasteiger partial charge >= 0.3 is 5.97 Å². The number of esters is 1. The highest BCUT2D eigenvalue weighted by Gasteiger charge is 2.14. The molecule has 1 amide bonds. The van der Waals surface area contributed by atoms with E-state index in [1.807, 2.05) is 20.8 Å². The Morgan fingerprint density at radius 1 is 1.15 bits per heavy atom. The normalized spacial score (nSPS) is 10.4. The second-order valence-corrected chi connectivity index (χ2v) is 6.52. The minimum atomic E-state index is -0.597. The van der Waals surface area contributed by atoms with Crippen LogP contribution in [0.15, 0.2) is 36.4 Å². The predicted molar refractivity (Wildman–Crippen MR) is 104 cm³/mol. The number of benzene rings is 2. The largest absolute Gasteiger partial charge is 0.495 e. The van der Waals surface area contributed by atoms with Gasteiger partial charge in [0.15, 0.2) is 6.61 Å². The average molecular weight is 392 g/mol. The summed E-state index contributed by atoms with van der Waals surface area (Å²) < 4.78 is 15.8. The Hall–Kier alpha value is -2.73. The Morgan fingerprint density at radius 3 is 2.41 bits per heavy atom. The number of halogens is 1. The topological polar surface area (TPSA) is 73.9 Å². The van der Waals surface area contributed by atoms with Crippen LogP contribution in [0.5, 0.6) is 11.5 Å². The fourth-order valence-corrected chi connectivity index (χ4v) is 2.43. The van der Waals surface area contributed by atoms with Crippen LogP contribution in [-0.2, 0) is 9.53 Å². The van der Waals surface area contributed by atoms with Crippen molar-refractivity contribution in [3.63, 3.8) is 0 Å². The van der Waals surface area contributed by atoms with Crippen LogP contribution in [0.2, 0.25) is 5.02 Å². The zero-order valence-corrected chi connectivity index (χ0v) is 16.4. The number of methoxy groups -OCH3 is 1. The molecule has 0 saturated carbocycles. The van der Waals surface area contributed by atoms with E-state index in [4.69, 9.17) is 25.8 Å². The first-order valence-corrected chi connectivity index (χ1v) is 8.75. The van der Waals surface area contributed by atoms with Crippen LogP contribution < -0.4 is 14.8 Å². The molecule has 2 aromatic rings. The molecule has 0 atom stereocenters. The first-order chi connectivity index (χ1) is 12.8. The van der Waals surface area contributed by atoms with E-state index < -0.39 is 18.5 Å². The maximum atomic E-state index is 12.1. The molecule has 2 rings (SSSR count). The van der Waals surface area contributed by atoms with E-state index in [2.05, 4.69) is 5.32 Å². The number of nitrogens with one attached hydrogen (secondary N) is 1. The van der Waals surface area contributed by atoms with Gasteiger partial charge in [0.2, 0.25) is 0 Å². The third-order valence-electron chi connectivity index (χ3n) is 3.55. The van der Waals surface area contributed by atoms with Crippen molar-refractivity contribution >= 4 is 29.2 Å². The van der Waals surface area contributed by atoms with Crippen LogP contribution in [0.25, 0.3) is 0 Å². The SMILES string of the molecule is COc1cc(Cl)c(C)cc1NC(=O)COC(=O)c1ccc(OC(C)C)cc1. The number of carbonyl (C=O) groups excluding carboxylic acids is 2. The van der Waals surface area contributed by atoms with Crippen LogP contribution in [-0.4, -0.2) is 31.7 Å². The first kappa shape index (κ1) is 20.6. The van der Waals surface area contributed by atoms with Crippen molar-refractivity contribution in [3.8, 4) is 11.5 Å². The Balaban J connectivity index is 1.93. The van der Waals surface area contributed by atoms with Crippen molar-refractivity contribution in [2.24, 2.45) is 0 Å². The second-order valence-electron chi connectivity index (χ2n) is 6.12. The Bertz CT molecular complexity index is 818. The number of amides is 1. The van der Waals surface area contributed by atoms with Gasteiger partial charge in [-0.3, -0.25) is 4.79 Å². The number of hydrogen-bond acceptors (Lipinski definition) is 5. The molecule has 27 heavy (non-hydrogen) atoms. The summed E-state index contributed by atoms with van der Waals surface area (Å²) in [5.41, 5.74) is 1.57. The molecule has 0 heterocycles. The number of anilines is 1. The van der Waals surface area contributed by atoms with Gasteiger partial charge in [-0.2, -0.15) is 0 Å². The van der Waals surface area contributed by atoms with E-state index in [1.54, 1.807) is 36.4 Å². The maximum Gasteiger partial charge on any atom is 0.338 e. The molecule has 0 aliphatic carbocycles. The van der Waals surface area contributed by atoms with Gasteiger partial charge in [0.25, 0.3) is 5.91 Å². The summed E-state index contributed by atoms with van der Waals surface area (Å²) in [6.45, 7) is 5.22. The van der Waals surface area contributed by atoms with E-state index in [9.17, 15) is 9.59 Å². The summed E-state index contributed by atoms with van der Waals surface area (Å²) in [4.78, 5) is 24.2. The molecule has 1 N–H and O–H groups in total. The van der Waals surface area contributed by atoms with Gasteiger partial charge in [-0.15, -0.1) is 0 Å². The highest BCUT2D eigenvalue weighted by molar-refractivity contribution is 6.31. The molecule has 0 aliphatic heterocycles. The minimum absolute atomic E-state index is 0.0417. The first-order valence-electron chi connectivity index (χ1n) is 8.38. The number of ether oxygens (including phenoxy) is 3. The van der Waals surface area contributed by atoms with Crippen molar-refractivity contribution < 1.29 is 23.8 Å². The van der Waals surface area contributed by atoms with Crippen LogP contribution in [0.1, 0.15) is 29.8 Å². The van der Waals surface area contributed by atoms with Gasteiger partial charge in [0, 0.05) is 11.1 Å². The van der Waals surface area contributed by atoms with Crippen LogP contribution >= 0.6 is 11.6 Å². The third kappa shape index (κ3) is 5.89. The second kappa shape index (κ2) is 9.28. The predicted octanol–water partition coefficient (Wildman–Crippen LogP) is 4.24. The third-order valence-corrected chi connectivity index (χ3v) is 3.96. The van der Waals surface area contributed by atoms with Gasteiger partial charge in [0.05, 0.1) is 24.5 Å². The number of rotatable bonds is 7. The van der Waals surface area contributed by atoms with E-state index in [1.165, 1.54) is 7.11 Å². The molecule has 6 nitrogen and oxygen atoms in total. The average Bonchev–Trinajstić information content (AvgIpc) is 2.62. The van der Waals surface area contributed by atoms with Crippen molar-refractivity contribution in [1.29, 1.82) is 0 Å². The van der Waals surface area contributed by atoms with E-state index >= 15 is 0 Å². The van der Waals surface area contributed by atoms with Gasteiger partial charge in [-0.1, -0.05) is 11.6 Å². The monoisotopic (exact) mass is 391 g/mol. The number of hydrogen-bond donors (Lipinski definition) is 1. The van der Waals surface area contributed by atoms with Crippen molar-refractivity contribution in [1.82, 2.24) is 0 Å². The molecule has 0 unspecified atom stereocenters. The highest BCUT2D eigenvalue weighted by atomic mass is 35.5. The van der Waals surface area contributed by atoms with Crippen LogP contribution in [0.4, 0.5) is 5.69 Å². The van der Waals surface area contributed by atoms with Crippen molar-refractivity contribution in [3.05, 3.63) is 52.5 Å². The van der Waals surface area contributed by atoms with Crippen molar-refractivity contribution in [2.75, 3.05) is 19.0 Å². The zero-order chi connectivity index (χ0) is 20.0. The lowest BCUT2D eigenvalue weighted by atomic mass is 10.2. The molecular formula is C20H22ClNO5. The van der Waals surface area contributed by atoms with E-state index in [0.717, 1.165) is 5.56 Å². The van der Waals surface area contributed by atoms with Gasteiger partial charge in [-0.05, 0) is 56.7 Å². The van der Waals surface area contributed by atoms with Gasteiger partial charge in [-0.25, -0.2) is 4.79 Å². The molecule has 2 aromatic carbocycles. The molecule has 7 heteroatoms. The molecular weight excluding hydrogens is 370 g/mol. The summed E-state index contributed by atoms with van der Waals surface area (Å²) >= 11 is 6.04. The molecule has 0 saturated heterocycles. The molecule has 0 aromatic heterocycles. The van der Waals surface area contributed by atoms with Crippen LogP contribution in [0, 0.1) is 6.92 Å². The zero-order valence-electron chi connectivity index (χ0n) is 15.7.